The van der Waals surface area contributed by atoms with Crippen LogP contribution in [-0.2, 0) is 14.8 Å². The van der Waals surface area contributed by atoms with Gasteiger partial charge in [0.2, 0.25) is 0 Å². The molecule has 0 fully saturated rings. The van der Waals surface area contributed by atoms with Crippen molar-refractivity contribution in [1.29, 1.82) is 0 Å². The molecule has 8 nitrogen and oxygen atoms in total. The average molecular weight is 492 g/mol. The Morgan fingerprint density at radius 3 is 2.12 bits per heavy atom. The number of rotatable bonds is 7. The largest absolute Gasteiger partial charge is 0.481 e. The second-order valence-electron chi connectivity index (χ2n) is 6.79. The molecule has 3 N–H and O–H groups in total. The summed E-state index contributed by atoms with van der Waals surface area (Å²) >= 11 is 5.79. The van der Waals surface area contributed by atoms with E-state index in [4.69, 9.17) is 16.3 Å². The number of hydrazine groups is 1. The Kier molecular flexibility index (Phi) is 7.52. The van der Waals surface area contributed by atoms with Gasteiger partial charge in [-0.05, 0) is 79.7 Å². The van der Waals surface area contributed by atoms with E-state index in [1.807, 2.05) is 0 Å². The molecule has 172 valence electrons. The molecule has 0 saturated carbocycles. The quantitative estimate of drug-likeness (QED) is 0.438. The monoisotopic (exact) mass is 491 g/mol. The highest BCUT2D eigenvalue weighted by Crippen LogP contribution is 2.19. The van der Waals surface area contributed by atoms with Gasteiger partial charge in [0, 0.05) is 16.3 Å². The molecule has 0 aliphatic rings. The highest BCUT2D eigenvalue weighted by atomic mass is 35.5. The molecule has 0 spiro atoms. The molecule has 0 radical (unpaired) electrons. The molecule has 3 aromatic rings. The molecule has 0 heterocycles. The Bertz CT molecular complexity index is 1230. The summed E-state index contributed by atoms with van der Waals surface area (Å²) in [6.07, 6.45) is -0.970. The van der Waals surface area contributed by atoms with E-state index in [1.165, 1.54) is 67.6 Å². The van der Waals surface area contributed by atoms with Crippen LogP contribution in [-0.4, -0.2) is 26.3 Å². The van der Waals surface area contributed by atoms with Crippen molar-refractivity contribution >= 4 is 39.1 Å². The normalized spacial score (nSPS) is 11.8. The van der Waals surface area contributed by atoms with Crippen LogP contribution in [0.1, 0.15) is 17.3 Å². The third-order valence-corrected chi connectivity index (χ3v) is 5.97. The Balaban J connectivity index is 1.55. The van der Waals surface area contributed by atoms with Crippen LogP contribution in [0.3, 0.4) is 0 Å². The van der Waals surface area contributed by atoms with Gasteiger partial charge in [-0.25, -0.2) is 12.8 Å². The maximum Gasteiger partial charge on any atom is 0.279 e. The SMILES string of the molecule is CC(Oc1ccc(F)cc1)C(=O)NNC(=O)c1ccc(S(=O)(=O)Nc2ccc(Cl)cc2)cc1. The topological polar surface area (TPSA) is 114 Å². The third-order valence-electron chi connectivity index (χ3n) is 4.32. The Morgan fingerprint density at radius 1 is 0.909 bits per heavy atom. The summed E-state index contributed by atoms with van der Waals surface area (Å²) in [5.74, 6) is -1.45. The lowest BCUT2D eigenvalue weighted by Crippen LogP contribution is -2.47. The van der Waals surface area contributed by atoms with E-state index in [0.717, 1.165) is 0 Å². The number of sulfonamides is 1. The fourth-order valence-electron chi connectivity index (χ4n) is 2.58. The predicted molar refractivity (Wildman–Crippen MR) is 121 cm³/mol. The van der Waals surface area contributed by atoms with E-state index < -0.39 is 33.8 Å². The maximum atomic E-state index is 12.9. The van der Waals surface area contributed by atoms with Crippen LogP contribution >= 0.6 is 11.6 Å². The number of hydrogen-bond acceptors (Lipinski definition) is 5. The van der Waals surface area contributed by atoms with Gasteiger partial charge >= 0.3 is 0 Å². The van der Waals surface area contributed by atoms with Crippen LogP contribution in [0.4, 0.5) is 10.1 Å². The first-order valence-electron chi connectivity index (χ1n) is 9.55. The molecule has 0 aromatic heterocycles. The molecule has 0 aliphatic carbocycles. The molecule has 1 atom stereocenters. The van der Waals surface area contributed by atoms with Crippen LogP contribution < -0.4 is 20.3 Å². The van der Waals surface area contributed by atoms with E-state index in [2.05, 4.69) is 15.6 Å². The van der Waals surface area contributed by atoms with Crippen molar-refractivity contribution < 1.29 is 27.1 Å². The van der Waals surface area contributed by atoms with Gasteiger partial charge in [-0.15, -0.1) is 0 Å². The fourth-order valence-corrected chi connectivity index (χ4v) is 3.77. The summed E-state index contributed by atoms with van der Waals surface area (Å²) in [6.45, 7) is 1.46. The molecule has 0 bridgehead atoms. The molecular weight excluding hydrogens is 473 g/mol. The van der Waals surface area contributed by atoms with Crippen molar-refractivity contribution in [1.82, 2.24) is 10.9 Å². The van der Waals surface area contributed by atoms with E-state index in [9.17, 15) is 22.4 Å². The minimum Gasteiger partial charge on any atom is -0.481 e. The summed E-state index contributed by atoms with van der Waals surface area (Å²) in [7, 11) is -3.87. The van der Waals surface area contributed by atoms with Crippen molar-refractivity contribution in [2.24, 2.45) is 0 Å². The number of ether oxygens (including phenoxy) is 1. The molecule has 1 unspecified atom stereocenters. The van der Waals surface area contributed by atoms with Crippen molar-refractivity contribution in [3.8, 4) is 5.75 Å². The van der Waals surface area contributed by atoms with Gasteiger partial charge < -0.3 is 4.74 Å². The van der Waals surface area contributed by atoms with Gasteiger partial charge in [-0.3, -0.25) is 25.2 Å². The van der Waals surface area contributed by atoms with Crippen LogP contribution in [0.25, 0.3) is 0 Å². The Hall–Kier alpha value is -3.63. The first-order chi connectivity index (χ1) is 15.6. The first kappa shape index (κ1) is 24.0. The molecule has 0 aliphatic heterocycles. The smallest absolute Gasteiger partial charge is 0.279 e. The van der Waals surface area contributed by atoms with Gasteiger partial charge in [0.05, 0.1) is 4.90 Å². The third kappa shape index (κ3) is 6.67. The zero-order chi connectivity index (χ0) is 24.0. The lowest BCUT2D eigenvalue weighted by atomic mass is 10.2. The number of benzene rings is 3. The van der Waals surface area contributed by atoms with Crippen molar-refractivity contribution in [2.75, 3.05) is 4.72 Å². The summed E-state index contributed by atoms with van der Waals surface area (Å²) in [5, 5.41) is 0.469. The number of nitrogens with one attached hydrogen (secondary N) is 3. The highest BCUT2D eigenvalue weighted by molar-refractivity contribution is 7.92. The maximum absolute atomic E-state index is 12.9. The number of carbonyl (C=O) groups excluding carboxylic acids is 2. The lowest BCUT2D eigenvalue weighted by molar-refractivity contribution is -0.128. The number of carbonyl (C=O) groups is 2. The van der Waals surface area contributed by atoms with Crippen molar-refractivity contribution in [3.63, 3.8) is 0 Å². The van der Waals surface area contributed by atoms with E-state index in [-0.39, 0.29) is 16.2 Å². The highest BCUT2D eigenvalue weighted by Gasteiger charge is 2.18. The van der Waals surface area contributed by atoms with Gasteiger partial charge in [-0.1, -0.05) is 11.6 Å². The second kappa shape index (κ2) is 10.3. The molecule has 0 saturated heterocycles. The Morgan fingerprint density at radius 2 is 1.52 bits per heavy atom. The zero-order valence-electron chi connectivity index (χ0n) is 17.2. The summed E-state index contributed by atoms with van der Waals surface area (Å²) < 4.78 is 45.7. The minimum absolute atomic E-state index is 0.0562. The molecule has 3 rings (SSSR count). The van der Waals surface area contributed by atoms with E-state index >= 15 is 0 Å². The van der Waals surface area contributed by atoms with Crippen LogP contribution in [0.2, 0.25) is 5.02 Å². The predicted octanol–water partition coefficient (Wildman–Crippen LogP) is 3.51. The molecule has 2 amide bonds. The lowest BCUT2D eigenvalue weighted by Gasteiger charge is -2.15. The van der Waals surface area contributed by atoms with Crippen LogP contribution in [0.5, 0.6) is 5.75 Å². The van der Waals surface area contributed by atoms with Crippen LogP contribution in [0.15, 0.2) is 77.7 Å². The molecular formula is C22H19ClFN3O5S. The van der Waals surface area contributed by atoms with Crippen molar-refractivity contribution in [2.45, 2.75) is 17.9 Å². The fraction of sp³-hybridized carbons (Fsp3) is 0.0909. The summed E-state index contributed by atoms with van der Waals surface area (Å²) in [6, 6.07) is 16.4. The molecule has 33 heavy (non-hydrogen) atoms. The summed E-state index contributed by atoms with van der Waals surface area (Å²) in [5.41, 5.74) is 4.89. The number of anilines is 1. The minimum atomic E-state index is -3.87. The summed E-state index contributed by atoms with van der Waals surface area (Å²) in [4.78, 5) is 24.3. The van der Waals surface area contributed by atoms with Gasteiger partial charge in [0.15, 0.2) is 6.10 Å². The van der Waals surface area contributed by atoms with Gasteiger partial charge in [0.25, 0.3) is 21.8 Å². The molecule has 11 heteroatoms. The van der Waals surface area contributed by atoms with Gasteiger partial charge in [0.1, 0.15) is 11.6 Å². The average Bonchev–Trinajstić information content (AvgIpc) is 2.80. The number of hydrogen-bond donors (Lipinski definition) is 3. The Labute approximate surface area is 194 Å². The standard InChI is InChI=1S/C22H19ClFN3O5S/c1-14(32-19-10-6-17(24)7-11-19)21(28)25-26-22(29)15-2-12-20(13-3-15)33(30,31)27-18-8-4-16(23)5-9-18/h2-14,27H,1H3,(H,25,28)(H,26,29). The van der Waals surface area contributed by atoms with E-state index in [0.29, 0.717) is 10.7 Å². The van der Waals surface area contributed by atoms with Crippen LogP contribution in [0, 0.1) is 5.82 Å². The second-order valence-corrected chi connectivity index (χ2v) is 8.91. The number of halogens is 2. The van der Waals surface area contributed by atoms with Crippen molar-refractivity contribution in [3.05, 3.63) is 89.2 Å². The first-order valence-corrected chi connectivity index (χ1v) is 11.4. The number of amides is 2. The van der Waals surface area contributed by atoms with E-state index in [1.54, 1.807) is 12.1 Å². The molecule has 3 aromatic carbocycles. The van der Waals surface area contributed by atoms with Gasteiger partial charge in [-0.2, -0.15) is 0 Å². The zero-order valence-corrected chi connectivity index (χ0v) is 18.8.